The third-order valence-electron chi connectivity index (χ3n) is 8.96. The van der Waals surface area contributed by atoms with Crippen LogP contribution in [0.5, 0.6) is 0 Å². The van der Waals surface area contributed by atoms with Crippen LogP contribution in [0.4, 0.5) is 5.69 Å². The van der Waals surface area contributed by atoms with Gasteiger partial charge in [0.15, 0.2) is 0 Å². The minimum absolute atomic E-state index is 0.00670. The van der Waals surface area contributed by atoms with Crippen molar-refractivity contribution >= 4 is 16.6 Å². The molecule has 2 saturated heterocycles. The number of anilines is 1. The van der Waals surface area contributed by atoms with Crippen molar-refractivity contribution in [3.63, 3.8) is 0 Å². The number of nitrogens with zero attached hydrogens (tertiary/aromatic N) is 4. The smallest absolute Gasteiger partial charge is 0.261 e. The van der Waals surface area contributed by atoms with Crippen LogP contribution in [0, 0.1) is 0 Å². The molecule has 3 atom stereocenters. The number of fused-ring (bicyclic) bond motifs is 1. The zero-order valence-corrected chi connectivity index (χ0v) is 24.4. The standard InChI is InChI=1S/C32H46N6O/c1-6-11-29(37-21-23(3)34-24(4)22-37)30-35-28-15-14-26(20-27(28)31(39)38(30)7-2)36-18-16-32(33-5,17-19-36)25-12-9-8-10-13-25/h8-10,12-15,20,23-24,29,33-34H,6-7,11,16-19,21-22H2,1-5H3/t23-,24+,29-/m1/s1. The fourth-order valence-corrected chi connectivity index (χ4v) is 6.94. The molecule has 0 radical (unpaired) electrons. The number of piperazine rings is 1. The molecule has 2 N–H and O–H groups in total. The molecule has 210 valence electrons. The minimum atomic E-state index is -0.00670. The third-order valence-corrected chi connectivity index (χ3v) is 8.96. The zero-order chi connectivity index (χ0) is 27.6. The number of nitrogens with one attached hydrogen (secondary N) is 2. The SMILES string of the molecule is CCC[C@H](c1nc2ccc(N3CCC(NC)(c4ccccc4)CC3)cc2c(=O)n1CC)N1C[C@@H](C)N[C@@H](C)C1. The molecule has 7 nitrogen and oxygen atoms in total. The van der Waals surface area contributed by atoms with Gasteiger partial charge in [0, 0.05) is 56.0 Å². The molecule has 7 heteroatoms. The van der Waals surface area contributed by atoms with Crippen molar-refractivity contribution in [1.29, 1.82) is 0 Å². The summed E-state index contributed by atoms with van der Waals surface area (Å²) in [6, 6.07) is 18.1. The van der Waals surface area contributed by atoms with Gasteiger partial charge in [-0.05, 0) is 70.8 Å². The Morgan fingerprint density at radius 3 is 2.36 bits per heavy atom. The molecule has 3 heterocycles. The van der Waals surface area contributed by atoms with Crippen LogP contribution < -0.4 is 21.1 Å². The zero-order valence-electron chi connectivity index (χ0n) is 24.4. The molecule has 0 amide bonds. The summed E-state index contributed by atoms with van der Waals surface area (Å²) in [6.07, 6.45) is 4.09. The van der Waals surface area contributed by atoms with Crippen LogP contribution in [0.25, 0.3) is 10.9 Å². The van der Waals surface area contributed by atoms with Gasteiger partial charge in [0.2, 0.25) is 0 Å². The highest BCUT2D eigenvalue weighted by Gasteiger charge is 2.35. The summed E-state index contributed by atoms with van der Waals surface area (Å²) in [4.78, 5) is 24.1. The molecular formula is C32H46N6O. The van der Waals surface area contributed by atoms with Crippen LogP contribution in [-0.4, -0.2) is 59.8 Å². The van der Waals surface area contributed by atoms with Gasteiger partial charge in [0.1, 0.15) is 5.82 Å². The van der Waals surface area contributed by atoms with Gasteiger partial charge in [0.25, 0.3) is 5.56 Å². The van der Waals surface area contributed by atoms with E-state index in [2.05, 4.69) is 104 Å². The summed E-state index contributed by atoms with van der Waals surface area (Å²) >= 11 is 0. The van der Waals surface area contributed by atoms with E-state index in [0.717, 1.165) is 74.3 Å². The lowest BCUT2D eigenvalue weighted by Crippen LogP contribution is -2.55. The maximum atomic E-state index is 13.9. The predicted molar refractivity (Wildman–Crippen MR) is 162 cm³/mol. The van der Waals surface area contributed by atoms with Crippen molar-refractivity contribution in [2.75, 3.05) is 38.1 Å². The fourth-order valence-electron chi connectivity index (χ4n) is 6.94. The number of benzene rings is 2. The fraction of sp³-hybridized carbons (Fsp3) is 0.562. The van der Waals surface area contributed by atoms with E-state index in [1.54, 1.807) is 0 Å². The molecule has 0 spiro atoms. The van der Waals surface area contributed by atoms with E-state index in [-0.39, 0.29) is 17.1 Å². The van der Waals surface area contributed by atoms with Gasteiger partial charge < -0.3 is 15.5 Å². The molecule has 0 saturated carbocycles. The summed E-state index contributed by atoms with van der Waals surface area (Å²) in [5.74, 6) is 0.922. The van der Waals surface area contributed by atoms with Crippen LogP contribution in [0.1, 0.15) is 70.8 Å². The van der Waals surface area contributed by atoms with Gasteiger partial charge >= 0.3 is 0 Å². The van der Waals surface area contributed by atoms with Crippen LogP contribution in [0.3, 0.4) is 0 Å². The van der Waals surface area contributed by atoms with Gasteiger partial charge in [-0.25, -0.2) is 4.98 Å². The Morgan fingerprint density at radius 2 is 1.74 bits per heavy atom. The van der Waals surface area contributed by atoms with Crippen molar-refractivity contribution in [3.05, 3.63) is 70.3 Å². The highest BCUT2D eigenvalue weighted by molar-refractivity contribution is 5.82. The van der Waals surface area contributed by atoms with Crippen LogP contribution in [0.2, 0.25) is 0 Å². The topological polar surface area (TPSA) is 65.4 Å². The average molecular weight is 531 g/mol. The van der Waals surface area contributed by atoms with E-state index < -0.39 is 0 Å². The van der Waals surface area contributed by atoms with Gasteiger partial charge in [-0.3, -0.25) is 14.3 Å². The Hall–Kier alpha value is -2.74. The van der Waals surface area contributed by atoms with E-state index in [4.69, 9.17) is 4.98 Å². The summed E-state index contributed by atoms with van der Waals surface area (Å²) in [5, 5.41) is 7.99. The number of piperidine rings is 1. The molecule has 0 aliphatic carbocycles. The first-order valence-corrected chi connectivity index (χ1v) is 14.9. The molecule has 2 fully saturated rings. The van der Waals surface area contributed by atoms with E-state index >= 15 is 0 Å². The first-order valence-electron chi connectivity index (χ1n) is 14.9. The van der Waals surface area contributed by atoms with Crippen molar-refractivity contribution in [2.45, 2.75) is 83.6 Å². The first kappa shape index (κ1) is 27.8. The molecular weight excluding hydrogens is 484 g/mol. The number of hydrogen-bond donors (Lipinski definition) is 2. The largest absolute Gasteiger partial charge is 0.371 e. The molecule has 2 aliphatic rings. The van der Waals surface area contributed by atoms with Gasteiger partial charge in [-0.1, -0.05) is 43.7 Å². The Labute approximate surface area is 233 Å². The van der Waals surface area contributed by atoms with E-state index in [0.29, 0.717) is 18.6 Å². The maximum Gasteiger partial charge on any atom is 0.261 e. The van der Waals surface area contributed by atoms with Crippen molar-refractivity contribution in [3.8, 4) is 0 Å². The Bertz CT molecular complexity index is 1300. The van der Waals surface area contributed by atoms with E-state index in [1.807, 2.05) is 4.57 Å². The highest BCUT2D eigenvalue weighted by atomic mass is 16.1. The Balaban J connectivity index is 1.45. The van der Waals surface area contributed by atoms with Crippen LogP contribution in [0.15, 0.2) is 53.3 Å². The lowest BCUT2D eigenvalue weighted by atomic mass is 9.81. The van der Waals surface area contributed by atoms with Crippen molar-refractivity contribution < 1.29 is 0 Å². The number of hydrogen-bond acceptors (Lipinski definition) is 6. The molecule has 2 aliphatic heterocycles. The number of aromatic nitrogens is 2. The predicted octanol–water partition coefficient (Wildman–Crippen LogP) is 4.65. The second-order valence-corrected chi connectivity index (χ2v) is 11.6. The van der Waals surface area contributed by atoms with Gasteiger partial charge in [-0.2, -0.15) is 0 Å². The monoisotopic (exact) mass is 530 g/mol. The molecule has 0 unspecified atom stereocenters. The molecule has 3 aromatic rings. The van der Waals surface area contributed by atoms with Crippen molar-refractivity contribution in [1.82, 2.24) is 25.1 Å². The van der Waals surface area contributed by atoms with E-state index in [9.17, 15) is 4.79 Å². The summed E-state index contributed by atoms with van der Waals surface area (Å²) in [6.45, 7) is 13.2. The van der Waals surface area contributed by atoms with Gasteiger partial charge in [0.05, 0.1) is 16.9 Å². The second kappa shape index (κ2) is 11.8. The van der Waals surface area contributed by atoms with Crippen molar-refractivity contribution in [2.24, 2.45) is 0 Å². The van der Waals surface area contributed by atoms with Crippen LogP contribution in [-0.2, 0) is 12.1 Å². The quantitative estimate of drug-likeness (QED) is 0.442. The highest BCUT2D eigenvalue weighted by Crippen LogP contribution is 2.35. The maximum absolute atomic E-state index is 13.9. The molecule has 0 bridgehead atoms. The van der Waals surface area contributed by atoms with E-state index in [1.165, 1.54) is 5.56 Å². The van der Waals surface area contributed by atoms with Gasteiger partial charge in [-0.15, -0.1) is 0 Å². The summed E-state index contributed by atoms with van der Waals surface area (Å²) < 4.78 is 1.93. The number of rotatable bonds is 8. The molecule has 39 heavy (non-hydrogen) atoms. The molecule has 5 rings (SSSR count). The lowest BCUT2D eigenvalue weighted by Gasteiger charge is -2.43. The Kier molecular flexibility index (Phi) is 8.40. The molecule has 2 aromatic carbocycles. The second-order valence-electron chi connectivity index (χ2n) is 11.6. The minimum Gasteiger partial charge on any atom is -0.371 e. The summed E-state index contributed by atoms with van der Waals surface area (Å²) in [7, 11) is 2.07. The lowest BCUT2D eigenvalue weighted by molar-refractivity contribution is 0.109. The normalized spacial score (nSPS) is 22.7. The first-order chi connectivity index (χ1) is 18.9. The van der Waals surface area contributed by atoms with Crippen LogP contribution >= 0.6 is 0 Å². The summed E-state index contributed by atoms with van der Waals surface area (Å²) in [5.41, 5.74) is 3.36. The third kappa shape index (κ3) is 5.49. The Morgan fingerprint density at radius 1 is 1.05 bits per heavy atom. The average Bonchev–Trinajstić information content (AvgIpc) is 2.96. The molecule has 1 aromatic heterocycles.